The van der Waals surface area contributed by atoms with Crippen molar-refractivity contribution in [1.29, 1.82) is 0 Å². The molecule has 0 spiro atoms. The molecule has 0 aliphatic heterocycles. The Hall–Kier alpha value is -2.17. The Morgan fingerprint density at radius 3 is 2.82 bits per heavy atom. The predicted octanol–water partition coefficient (Wildman–Crippen LogP) is 1.62. The average molecular weight is 235 g/mol. The highest BCUT2D eigenvalue weighted by Gasteiger charge is 2.05. The first-order chi connectivity index (χ1) is 8.08. The summed E-state index contributed by atoms with van der Waals surface area (Å²) in [4.78, 5) is 22.3. The van der Waals surface area contributed by atoms with Crippen molar-refractivity contribution in [2.45, 2.75) is 13.0 Å². The van der Waals surface area contributed by atoms with Crippen LogP contribution >= 0.6 is 0 Å². The Kier molecular flexibility index (Phi) is 2.91. The monoisotopic (exact) mass is 235 g/mol. The van der Waals surface area contributed by atoms with Crippen LogP contribution in [0, 0.1) is 5.82 Å². The van der Waals surface area contributed by atoms with Gasteiger partial charge in [-0.15, -0.1) is 0 Å². The number of rotatable bonds is 3. The van der Waals surface area contributed by atoms with Crippen molar-refractivity contribution in [1.82, 2.24) is 4.57 Å². The number of carbonyl (C=O) groups is 1. The molecule has 2 aromatic rings. The number of benzene rings is 1. The van der Waals surface area contributed by atoms with Gasteiger partial charge in [0.2, 0.25) is 0 Å². The Bertz CT molecular complexity index is 633. The number of aliphatic carboxylic acids is 1. The van der Waals surface area contributed by atoms with Gasteiger partial charge in [-0.1, -0.05) is 0 Å². The zero-order chi connectivity index (χ0) is 12.4. The molecule has 1 heterocycles. The Morgan fingerprint density at radius 2 is 2.12 bits per heavy atom. The van der Waals surface area contributed by atoms with E-state index in [1.807, 2.05) is 0 Å². The number of fused-ring (bicyclic) bond motifs is 1. The summed E-state index contributed by atoms with van der Waals surface area (Å²) < 4.78 is 14.3. The maximum Gasteiger partial charge on any atom is 0.305 e. The highest BCUT2D eigenvalue weighted by molar-refractivity contribution is 5.81. The molecule has 0 saturated carbocycles. The van der Waals surface area contributed by atoms with Gasteiger partial charge in [-0.05, 0) is 29.7 Å². The second kappa shape index (κ2) is 4.37. The van der Waals surface area contributed by atoms with Gasteiger partial charge < -0.3 is 9.67 Å². The third-order valence-electron chi connectivity index (χ3n) is 2.51. The number of halogens is 1. The lowest BCUT2D eigenvalue weighted by Crippen LogP contribution is -2.20. The van der Waals surface area contributed by atoms with Gasteiger partial charge in [-0.3, -0.25) is 9.59 Å². The third-order valence-corrected chi connectivity index (χ3v) is 2.51. The van der Waals surface area contributed by atoms with Crippen molar-refractivity contribution >= 4 is 16.7 Å². The average Bonchev–Trinajstić information content (AvgIpc) is 2.27. The van der Waals surface area contributed by atoms with E-state index >= 15 is 0 Å². The van der Waals surface area contributed by atoms with Crippen LogP contribution < -0.4 is 5.56 Å². The van der Waals surface area contributed by atoms with Gasteiger partial charge in [0.1, 0.15) is 5.82 Å². The molecule has 1 N–H and O–H groups in total. The zero-order valence-corrected chi connectivity index (χ0v) is 8.89. The second-order valence-corrected chi connectivity index (χ2v) is 3.69. The molecule has 17 heavy (non-hydrogen) atoms. The van der Waals surface area contributed by atoms with Crippen molar-refractivity contribution in [2.24, 2.45) is 0 Å². The van der Waals surface area contributed by atoms with E-state index in [0.29, 0.717) is 10.8 Å². The van der Waals surface area contributed by atoms with Crippen LogP contribution in [0.25, 0.3) is 10.8 Å². The molecule has 0 saturated heterocycles. The van der Waals surface area contributed by atoms with Crippen molar-refractivity contribution in [3.05, 3.63) is 46.6 Å². The molecule has 2 rings (SSSR count). The summed E-state index contributed by atoms with van der Waals surface area (Å²) in [6, 6.07) is 5.50. The number of aryl methyl sites for hydroxylation is 1. The van der Waals surface area contributed by atoms with Crippen LogP contribution in [0.3, 0.4) is 0 Å². The highest BCUT2D eigenvalue weighted by Crippen LogP contribution is 2.11. The molecule has 0 bridgehead atoms. The van der Waals surface area contributed by atoms with Crippen LogP contribution in [0.5, 0.6) is 0 Å². The maximum atomic E-state index is 12.9. The summed E-state index contributed by atoms with van der Waals surface area (Å²) in [7, 11) is 0. The smallest absolute Gasteiger partial charge is 0.305 e. The molecule has 0 aliphatic rings. The molecule has 1 aromatic heterocycles. The lowest BCUT2D eigenvalue weighted by Gasteiger charge is -2.05. The summed E-state index contributed by atoms with van der Waals surface area (Å²) in [6.07, 6.45) is 1.36. The van der Waals surface area contributed by atoms with Crippen molar-refractivity contribution in [3.63, 3.8) is 0 Å². The largest absolute Gasteiger partial charge is 0.481 e. The predicted molar refractivity (Wildman–Crippen MR) is 60.4 cm³/mol. The first kappa shape index (κ1) is 11.3. The van der Waals surface area contributed by atoms with Crippen molar-refractivity contribution in [2.75, 3.05) is 0 Å². The summed E-state index contributed by atoms with van der Waals surface area (Å²) in [5, 5.41) is 9.45. The van der Waals surface area contributed by atoms with E-state index in [9.17, 15) is 14.0 Å². The molecular formula is C12H10FNO3. The number of nitrogens with zero attached hydrogens (tertiary/aromatic N) is 1. The number of carboxylic acid groups (broad SMARTS) is 1. The molecule has 0 amide bonds. The fraction of sp³-hybridized carbons (Fsp3) is 0.167. The number of hydrogen-bond donors (Lipinski definition) is 1. The molecule has 4 nitrogen and oxygen atoms in total. The van der Waals surface area contributed by atoms with E-state index in [1.54, 1.807) is 6.07 Å². The Balaban J connectivity index is 2.47. The van der Waals surface area contributed by atoms with Crippen LogP contribution in [0.2, 0.25) is 0 Å². The topological polar surface area (TPSA) is 59.3 Å². The van der Waals surface area contributed by atoms with Gasteiger partial charge in [0.15, 0.2) is 0 Å². The van der Waals surface area contributed by atoms with E-state index in [0.717, 1.165) is 0 Å². The summed E-state index contributed by atoms with van der Waals surface area (Å²) in [5.74, 6) is -1.36. The van der Waals surface area contributed by atoms with Gasteiger partial charge in [0.25, 0.3) is 5.56 Å². The van der Waals surface area contributed by atoms with Crippen molar-refractivity contribution < 1.29 is 14.3 Å². The van der Waals surface area contributed by atoms with Crippen LogP contribution in [-0.4, -0.2) is 15.6 Å². The van der Waals surface area contributed by atoms with E-state index in [4.69, 9.17) is 5.11 Å². The molecule has 88 valence electrons. The summed E-state index contributed by atoms with van der Waals surface area (Å²) in [6.45, 7) is 0.113. The number of pyridine rings is 1. The minimum atomic E-state index is -0.962. The fourth-order valence-electron chi connectivity index (χ4n) is 1.65. The minimum absolute atomic E-state index is 0.113. The highest BCUT2D eigenvalue weighted by atomic mass is 19.1. The van der Waals surface area contributed by atoms with Crippen LogP contribution in [0.15, 0.2) is 35.3 Å². The Morgan fingerprint density at radius 1 is 1.35 bits per heavy atom. The van der Waals surface area contributed by atoms with Crippen LogP contribution in [-0.2, 0) is 11.3 Å². The number of carboxylic acids is 1. The summed E-state index contributed by atoms with van der Waals surface area (Å²) in [5.41, 5.74) is -0.302. The zero-order valence-electron chi connectivity index (χ0n) is 8.89. The van der Waals surface area contributed by atoms with E-state index in [1.165, 1.54) is 29.0 Å². The molecule has 0 fully saturated rings. The van der Waals surface area contributed by atoms with Gasteiger partial charge >= 0.3 is 5.97 Å². The van der Waals surface area contributed by atoms with Gasteiger partial charge in [0, 0.05) is 18.1 Å². The molecule has 0 atom stereocenters. The SMILES string of the molecule is O=C(O)CCn1ccc2cc(F)ccc2c1=O. The molecule has 1 aromatic carbocycles. The van der Waals surface area contributed by atoms with E-state index in [-0.39, 0.29) is 18.5 Å². The lowest BCUT2D eigenvalue weighted by molar-refractivity contribution is -0.137. The minimum Gasteiger partial charge on any atom is -0.481 e. The summed E-state index contributed by atoms with van der Waals surface area (Å²) >= 11 is 0. The van der Waals surface area contributed by atoms with Gasteiger partial charge in [-0.25, -0.2) is 4.39 Å². The standard InChI is InChI=1S/C12H10FNO3/c13-9-1-2-10-8(7-9)3-5-14(12(10)17)6-4-11(15)16/h1-3,5,7H,4,6H2,(H,15,16). The van der Waals surface area contributed by atoms with Crippen molar-refractivity contribution in [3.8, 4) is 0 Å². The third kappa shape index (κ3) is 2.33. The Labute approximate surface area is 95.9 Å². The first-order valence-electron chi connectivity index (χ1n) is 5.08. The molecule has 0 radical (unpaired) electrons. The first-order valence-corrected chi connectivity index (χ1v) is 5.08. The number of hydrogen-bond acceptors (Lipinski definition) is 2. The second-order valence-electron chi connectivity index (χ2n) is 3.69. The quantitative estimate of drug-likeness (QED) is 0.879. The molecular weight excluding hydrogens is 225 g/mol. The van der Waals surface area contributed by atoms with E-state index < -0.39 is 11.8 Å². The lowest BCUT2D eigenvalue weighted by atomic mass is 10.1. The molecule has 0 unspecified atom stereocenters. The van der Waals surface area contributed by atoms with Gasteiger partial charge in [-0.2, -0.15) is 0 Å². The van der Waals surface area contributed by atoms with Gasteiger partial charge in [0.05, 0.1) is 6.42 Å². The van der Waals surface area contributed by atoms with Crippen LogP contribution in [0.4, 0.5) is 4.39 Å². The normalized spacial score (nSPS) is 10.6. The fourth-order valence-corrected chi connectivity index (χ4v) is 1.65. The van der Waals surface area contributed by atoms with Crippen LogP contribution in [0.1, 0.15) is 6.42 Å². The maximum absolute atomic E-state index is 12.9. The molecule has 5 heteroatoms. The molecule has 0 aliphatic carbocycles. The van der Waals surface area contributed by atoms with E-state index in [2.05, 4.69) is 0 Å². The number of aromatic nitrogens is 1.